The van der Waals surface area contributed by atoms with Crippen LogP contribution in [0.3, 0.4) is 0 Å². The molecule has 3 aliphatic rings. The lowest BCUT2D eigenvalue weighted by atomic mass is 9.85. The van der Waals surface area contributed by atoms with Gasteiger partial charge in [-0.2, -0.15) is 0 Å². The minimum Gasteiger partial charge on any atom is -0.317 e. The summed E-state index contributed by atoms with van der Waals surface area (Å²) in [6.45, 7) is 7.70. The van der Waals surface area contributed by atoms with Gasteiger partial charge in [0.15, 0.2) is 0 Å². The third kappa shape index (κ3) is 1.91. The minimum atomic E-state index is 0.669. The zero-order valence-corrected chi connectivity index (χ0v) is 10.7. The maximum atomic E-state index is 3.51. The van der Waals surface area contributed by atoms with Crippen LogP contribution in [0.5, 0.6) is 0 Å². The molecule has 2 nitrogen and oxygen atoms in total. The molecule has 0 atom stereocenters. The standard InChI is InChI=1S/C14H26N2/c1-12-4-10-16(11-5-12)14(6-7-14)13-2-8-15-9-3-13/h12-13,15H,2-11H2,1H3. The van der Waals surface area contributed by atoms with E-state index in [0.29, 0.717) is 5.54 Å². The molecule has 0 unspecified atom stereocenters. The first-order chi connectivity index (χ1) is 7.81. The molecule has 0 bridgehead atoms. The fourth-order valence-electron chi connectivity index (χ4n) is 3.92. The summed E-state index contributed by atoms with van der Waals surface area (Å²) in [6, 6.07) is 0. The van der Waals surface area contributed by atoms with E-state index in [1.165, 1.54) is 64.7 Å². The molecule has 2 heterocycles. The highest BCUT2D eigenvalue weighted by Crippen LogP contribution is 2.51. The van der Waals surface area contributed by atoms with Gasteiger partial charge >= 0.3 is 0 Å². The molecule has 1 saturated carbocycles. The maximum Gasteiger partial charge on any atom is 0.0240 e. The van der Waals surface area contributed by atoms with Gasteiger partial charge in [0.25, 0.3) is 0 Å². The van der Waals surface area contributed by atoms with Crippen LogP contribution in [0.2, 0.25) is 0 Å². The van der Waals surface area contributed by atoms with Crippen LogP contribution in [-0.2, 0) is 0 Å². The second kappa shape index (κ2) is 4.30. The van der Waals surface area contributed by atoms with Crippen LogP contribution >= 0.6 is 0 Å². The van der Waals surface area contributed by atoms with Crippen molar-refractivity contribution in [3.63, 3.8) is 0 Å². The number of piperidine rings is 2. The number of nitrogens with zero attached hydrogens (tertiary/aromatic N) is 1. The summed E-state index contributed by atoms with van der Waals surface area (Å²) in [6.07, 6.45) is 8.70. The molecule has 92 valence electrons. The third-order valence-electron chi connectivity index (χ3n) is 5.27. The van der Waals surface area contributed by atoms with Gasteiger partial charge in [0.1, 0.15) is 0 Å². The SMILES string of the molecule is CC1CCN(C2(C3CCNCC3)CC2)CC1. The average Bonchev–Trinajstić information content (AvgIpc) is 3.13. The summed E-state index contributed by atoms with van der Waals surface area (Å²) in [5.41, 5.74) is 0.669. The monoisotopic (exact) mass is 222 g/mol. The fraction of sp³-hybridized carbons (Fsp3) is 1.00. The summed E-state index contributed by atoms with van der Waals surface area (Å²) in [7, 11) is 0. The van der Waals surface area contributed by atoms with Gasteiger partial charge < -0.3 is 5.32 Å². The number of nitrogens with one attached hydrogen (secondary N) is 1. The van der Waals surface area contributed by atoms with Gasteiger partial charge in [-0.25, -0.2) is 0 Å². The summed E-state index contributed by atoms with van der Waals surface area (Å²) < 4.78 is 0. The van der Waals surface area contributed by atoms with Gasteiger partial charge in [0.05, 0.1) is 0 Å². The molecule has 0 aromatic carbocycles. The minimum absolute atomic E-state index is 0.669. The highest BCUT2D eigenvalue weighted by atomic mass is 15.2. The van der Waals surface area contributed by atoms with Crippen molar-refractivity contribution in [2.24, 2.45) is 11.8 Å². The van der Waals surface area contributed by atoms with Crippen molar-refractivity contribution < 1.29 is 0 Å². The Hall–Kier alpha value is -0.0800. The topological polar surface area (TPSA) is 15.3 Å². The Morgan fingerprint density at radius 2 is 1.62 bits per heavy atom. The number of rotatable bonds is 2. The van der Waals surface area contributed by atoms with Crippen LogP contribution in [0.25, 0.3) is 0 Å². The molecule has 1 aliphatic carbocycles. The molecule has 0 aromatic heterocycles. The van der Waals surface area contributed by atoms with E-state index in [0.717, 1.165) is 11.8 Å². The summed E-state index contributed by atoms with van der Waals surface area (Å²) in [5.74, 6) is 1.97. The zero-order chi connectivity index (χ0) is 11.0. The summed E-state index contributed by atoms with van der Waals surface area (Å²) in [4.78, 5) is 2.86. The molecule has 16 heavy (non-hydrogen) atoms. The first-order valence-corrected chi connectivity index (χ1v) is 7.27. The fourth-order valence-corrected chi connectivity index (χ4v) is 3.92. The van der Waals surface area contributed by atoms with Crippen molar-refractivity contribution in [3.8, 4) is 0 Å². The van der Waals surface area contributed by atoms with Crippen LogP contribution in [0.1, 0.15) is 45.4 Å². The van der Waals surface area contributed by atoms with E-state index in [1.54, 1.807) is 0 Å². The lowest BCUT2D eigenvalue weighted by molar-refractivity contribution is 0.0671. The first-order valence-electron chi connectivity index (χ1n) is 7.27. The average molecular weight is 222 g/mol. The summed E-state index contributed by atoms with van der Waals surface area (Å²) >= 11 is 0. The number of hydrogen-bond acceptors (Lipinski definition) is 2. The predicted octanol–water partition coefficient (Wildman–Crippen LogP) is 2.25. The second-order valence-electron chi connectivity index (χ2n) is 6.30. The molecule has 3 fully saturated rings. The lowest BCUT2D eigenvalue weighted by Gasteiger charge is -2.43. The molecule has 2 saturated heterocycles. The lowest BCUT2D eigenvalue weighted by Crippen LogP contribution is -2.49. The Bertz CT molecular complexity index is 233. The Labute approximate surface area is 99.8 Å². The van der Waals surface area contributed by atoms with Crippen molar-refractivity contribution in [1.29, 1.82) is 0 Å². The highest BCUT2D eigenvalue weighted by Gasteiger charge is 2.53. The second-order valence-corrected chi connectivity index (χ2v) is 6.30. The van der Waals surface area contributed by atoms with Gasteiger partial charge in [-0.1, -0.05) is 6.92 Å². The highest BCUT2D eigenvalue weighted by molar-refractivity contribution is 5.09. The summed E-state index contributed by atoms with van der Waals surface area (Å²) in [5, 5.41) is 3.51. The molecular formula is C14H26N2. The van der Waals surface area contributed by atoms with Gasteiger partial charge in [-0.3, -0.25) is 4.90 Å². The molecule has 3 rings (SSSR count). The number of hydrogen-bond donors (Lipinski definition) is 1. The van der Waals surface area contributed by atoms with E-state index in [-0.39, 0.29) is 0 Å². The van der Waals surface area contributed by atoms with Gasteiger partial charge in [-0.15, -0.1) is 0 Å². The van der Waals surface area contributed by atoms with E-state index >= 15 is 0 Å². The largest absolute Gasteiger partial charge is 0.317 e. The molecule has 2 heteroatoms. The molecule has 1 N–H and O–H groups in total. The Kier molecular flexibility index (Phi) is 2.97. The first kappa shape index (κ1) is 11.0. The van der Waals surface area contributed by atoms with E-state index in [4.69, 9.17) is 0 Å². The molecule has 0 radical (unpaired) electrons. The smallest absolute Gasteiger partial charge is 0.0240 e. The Morgan fingerprint density at radius 3 is 2.19 bits per heavy atom. The Balaban J connectivity index is 1.63. The molecule has 0 amide bonds. The van der Waals surface area contributed by atoms with E-state index in [9.17, 15) is 0 Å². The Morgan fingerprint density at radius 1 is 1.00 bits per heavy atom. The van der Waals surface area contributed by atoms with Crippen molar-refractivity contribution in [1.82, 2.24) is 10.2 Å². The number of likely N-dealkylation sites (tertiary alicyclic amines) is 1. The van der Waals surface area contributed by atoms with Crippen molar-refractivity contribution in [3.05, 3.63) is 0 Å². The zero-order valence-electron chi connectivity index (χ0n) is 10.7. The predicted molar refractivity (Wildman–Crippen MR) is 67.5 cm³/mol. The molecular weight excluding hydrogens is 196 g/mol. The van der Waals surface area contributed by atoms with Gasteiger partial charge in [0.2, 0.25) is 0 Å². The quantitative estimate of drug-likeness (QED) is 0.771. The van der Waals surface area contributed by atoms with Gasteiger partial charge in [0, 0.05) is 5.54 Å². The van der Waals surface area contributed by atoms with Crippen LogP contribution in [-0.4, -0.2) is 36.6 Å². The third-order valence-corrected chi connectivity index (χ3v) is 5.27. The van der Waals surface area contributed by atoms with Crippen LogP contribution in [0, 0.1) is 11.8 Å². The van der Waals surface area contributed by atoms with E-state index < -0.39 is 0 Å². The van der Waals surface area contributed by atoms with Crippen LogP contribution in [0.15, 0.2) is 0 Å². The molecule has 2 aliphatic heterocycles. The van der Waals surface area contributed by atoms with Crippen molar-refractivity contribution >= 4 is 0 Å². The maximum absolute atomic E-state index is 3.51. The van der Waals surface area contributed by atoms with Crippen molar-refractivity contribution in [2.75, 3.05) is 26.2 Å². The molecule has 0 aromatic rings. The van der Waals surface area contributed by atoms with Crippen LogP contribution < -0.4 is 5.32 Å². The van der Waals surface area contributed by atoms with Crippen LogP contribution in [0.4, 0.5) is 0 Å². The van der Waals surface area contributed by atoms with E-state index in [1.807, 2.05) is 0 Å². The normalized spacial score (nSPS) is 32.8. The molecule has 0 spiro atoms. The van der Waals surface area contributed by atoms with Crippen molar-refractivity contribution in [2.45, 2.75) is 51.0 Å². The van der Waals surface area contributed by atoms with Gasteiger partial charge in [-0.05, 0) is 76.5 Å². The van der Waals surface area contributed by atoms with E-state index in [2.05, 4.69) is 17.1 Å².